The topological polar surface area (TPSA) is 64.9 Å². The predicted molar refractivity (Wildman–Crippen MR) is 99.1 cm³/mol. The number of aryl methyl sites for hydroxylation is 1. The van der Waals surface area contributed by atoms with Crippen LogP contribution >= 0.6 is 11.3 Å². The standard InChI is InChI=1S/C18H17N5OS/c1-23-9-8-19-17(23)15(12-3-5-13(24-2)6-4-12)22-16-14-7-10-25-18(14)21-11-20-16/h3-11,15H,1-2H3,(H,20,21,22). The molecule has 3 heterocycles. The zero-order chi connectivity index (χ0) is 17.2. The molecule has 0 saturated heterocycles. The fraction of sp³-hybridized carbons (Fsp3) is 0.167. The van der Waals surface area contributed by atoms with Gasteiger partial charge in [0, 0.05) is 19.4 Å². The van der Waals surface area contributed by atoms with E-state index in [0.717, 1.165) is 33.2 Å². The molecule has 1 aromatic carbocycles. The molecule has 0 spiro atoms. The van der Waals surface area contributed by atoms with Crippen molar-refractivity contribution < 1.29 is 4.74 Å². The van der Waals surface area contributed by atoms with Gasteiger partial charge in [0.05, 0.1) is 12.5 Å². The van der Waals surface area contributed by atoms with Gasteiger partial charge >= 0.3 is 0 Å². The molecule has 0 aliphatic heterocycles. The third-order valence-corrected chi connectivity index (χ3v) is 4.93. The van der Waals surface area contributed by atoms with Crippen LogP contribution in [0.5, 0.6) is 5.75 Å². The molecular weight excluding hydrogens is 334 g/mol. The molecule has 4 aromatic rings. The highest BCUT2D eigenvalue weighted by Crippen LogP contribution is 2.30. The molecule has 0 amide bonds. The first-order chi connectivity index (χ1) is 12.3. The van der Waals surface area contributed by atoms with E-state index in [2.05, 4.69) is 20.3 Å². The molecule has 126 valence electrons. The lowest BCUT2D eigenvalue weighted by atomic mass is 10.1. The van der Waals surface area contributed by atoms with Crippen molar-refractivity contribution in [1.82, 2.24) is 19.5 Å². The van der Waals surface area contributed by atoms with Crippen molar-refractivity contribution in [2.24, 2.45) is 7.05 Å². The van der Waals surface area contributed by atoms with Gasteiger partial charge in [-0.1, -0.05) is 12.1 Å². The van der Waals surface area contributed by atoms with E-state index >= 15 is 0 Å². The Morgan fingerprint density at radius 1 is 1.12 bits per heavy atom. The Morgan fingerprint density at radius 2 is 1.96 bits per heavy atom. The first-order valence-corrected chi connectivity index (χ1v) is 8.70. The van der Waals surface area contributed by atoms with Crippen LogP contribution in [-0.2, 0) is 7.05 Å². The van der Waals surface area contributed by atoms with Crippen molar-refractivity contribution in [1.29, 1.82) is 0 Å². The highest BCUT2D eigenvalue weighted by molar-refractivity contribution is 7.16. The number of ether oxygens (including phenoxy) is 1. The number of benzene rings is 1. The Labute approximate surface area is 149 Å². The Balaban J connectivity index is 1.77. The number of nitrogens with one attached hydrogen (secondary N) is 1. The quantitative estimate of drug-likeness (QED) is 0.595. The molecule has 0 saturated carbocycles. The van der Waals surface area contributed by atoms with Crippen LogP contribution < -0.4 is 10.1 Å². The van der Waals surface area contributed by atoms with E-state index in [-0.39, 0.29) is 6.04 Å². The number of thiophene rings is 1. The third kappa shape index (κ3) is 2.94. The lowest BCUT2D eigenvalue weighted by Gasteiger charge is -2.20. The van der Waals surface area contributed by atoms with Gasteiger partial charge in [0.15, 0.2) is 0 Å². The van der Waals surface area contributed by atoms with E-state index in [0.29, 0.717) is 0 Å². The molecular formula is C18H17N5OS. The molecule has 0 radical (unpaired) electrons. The Hall–Kier alpha value is -2.93. The molecule has 0 aliphatic rings. The molecule has 4 rings (SSSR count). The van der Waals surface area contributed by atoms with E-state index in [1.807, 2.05) is 53.5 Å². The molecule has 25 heavy (non-hydrogen) atoms. The van der Waals surface area contributed by atoms with Crippen molar-refractivity contribution in [3.05, 3.63) is 65.8 Å². The number of aromatic nitrogens is 4. The average Bonchev–Trinajstić information content (AvgIpc) is 3.29. The van der Waals surface area contributed by atoms with Crippen LogP contribution in [0.3, 0.4) is 0 Å². The molecule has 3 aromatic heterocycles. The maximum absolute atomic E-state index is 5.27. The summed E-state index contributed by atoms with van der Waals surface area (Å²) in [6.07, 6.45) is 5.33. The lowest BCUT2D eigenvalue weighted by molar-refractivity contribution is 0.414. The van der Waals surface area contributed by atoms with E-state index in [4.69, 9.17) is 4.74 Å². The number of hydrogen-bond acceptors (Lipinski definition) is 6. The van der Waals surface area contributed by atoms with Gasteiger partial charge in [0.25, 0.3) is 0 Å². The van der Waals surface area contributed by atoms with Gasteiger partial charge in [-0.2, -0.15) is 0 Å². The molecule has 7 heteroatoms. The van der Waals surface area contributed by atoms with Gasteiger partial charge in [-0.15, -0.1) is 11.3 Å². The van der Waals surface area contributed by atoms with E-state index in [9.17, 15) is 0 Å². The van der Waals surface area contributed by atoms with Crippen molar-refractivity contribution in [2.75, 3.05) is 12.4 Å². The summed E-state index contributed by atoms with van der Waals surface area (Å²) in [5.74, 6) is 2.53. The van der Waals surface area contributed by atoms with Crippen LogP contribution in [0.1, 0.15) is 17.4 Å². The second kappa shape index (κ2) is 6.52. The van der Waals surface area contributed by atoms with E-state index in [1.165, 1.54) is 0 Å². The van der Waals surface area contributed by atoms with Crippen molar-refractivity contribution in [3.63, 3.8) is 0 Å². The van der Waals surface area contributed by atoms with Crippen LogP contribution in [0.4, 0.5) is 5.82 Å². The normalized spacial score (nSPS) is 12.2. The summed E-state index contributed by atoms with van der Waals surface area (Å²) in [7, 11) is 3.65. The summed E-state index contributed by atoms with van der Waals surface area (Å²) in [4.78, 5) is 14.2. The van der Waals surface area contributed by atoms with Crippen molar-refractivity contribution >= 4 is 27.4 Å². The molecule has 0 bridgehead atoms. The maximum Gasteiger partial charge on any atom is 0.139 e. The zero-order valence-corrected chi connectivity index (χ0v) is 14.7. The third-order valence-electron chi connectivity index (χ3n) is 4.11. The number of methoxy groups -OCH3 is 1. The van der Waals surface area contributed by atoms with Crippen LogP contribution in [0.15, 0.2) is 54.4 Å². The molecule has 6 nitrogen and oxygen atoms in total. The summed E-state index contributed by atoms with van der Waals surface area (Å²) < 4.78 is 7.28. The molecule has 1 unspecified atom stereocenters. The van der Waals surface area contributed by atoms with Crippen LogP contribution in [0.2, 0.25) is 0 Å². The zero-order valence-electron chi connectivity index (χ0n) is 13.9. The predicted octanol–water partition coefficient (Wildman–Crippen LogP) is 3.63. The summed E-state index contributed by atoms with van der Waals surface area (Å²) >= 11 is 1.60. The van der Waals surface area contributed by atoms with Gasteiger partial charge in [0.2, 0.25) is 0 Å². The van der Waals surface area contributed by atoms with Gasteiger partial charge < -0.3 is 14.6 Å². The number of rotatable bonds is 5. The largest absolute Gasteiger partial charge is 0.497 e. The van der Waals surface area contributed by atoms with Crippen LogP contribution in [0, 0.1) is 0 Å². The van der Waals surface area contributed by atoms with E-state index in [1.54, 1.807) is 31.0 Å². The number of fused-ring (bicyclic) bond motifs is 1. The minimum atomic E-state index is -0.135. The summed E-state index contributed by atoms with van der Waals surface area (Å²) in [6, 6.07) is 9.88. The monoisotopic (exact) mass is 351 g/mol. The fourth-order valence-corrected chi connectivity index (χ4v) is 3.52. The second-order valence-electron chi connectivity index (χ2n) is 5.61. The Kier molecular flexibility index (Phi) is 4.07. The minimum Gasteiger partial charge on any atom is -0.497 e. The minimum absolute atomic E-state index is 0.135. The maximum atomic E-state index is 5.27. The van der Waals surface area contributed by atoms with Gasteiger partial charge in [0.1, 0.15) is 34.6 Å². The lowest BCUT2D eigenvalue weighted by Crippen LogP contribution is -2.17. The average molecular weight is 351 g/mol. The molecule has 0 aliphatic carbocycles. The van der Waals surface area contributed by atoms with E-state index < -0.39 is 0 Å². The highest BCUT2D eigenvalue weighted by Gasteiger charge is 2.20. The van der Waals surface area contributed by atoms with Crippen molar-refractivity contribution in [2.45, 2.75) is 6.04 Å². The summed E-state index contributed by atoms with van der Waals surface area (Å²) in [5, 5.41) is 6.57. The first kappa shape index (κ1) is 15.6. The van der Waals surface area contributed by atoms with Crippen LogP contribution in [0.25, 0.3) is 10.2 Å². The summed E-state index contributed by atoms with van der Waals surface area (Å²) in [5.41, 5.74) is 1.08. The molecule has 1 N–H and O–H groups in total. The molecule has 1 atom stereocenters. The number of anilines is 1. The number of nitrogens with zero attached hydrogens (tertiary/aromatic N) is 4. The van der Waals surface area contributed by atoms with Gasteiger partial charge in [-0.3, -0.25) is 0 Å². The molecule has 0 fully saturated rings. The second-order valence-corrected chi connectivity index (χ2v) is 6.50. The smallest absolute Gasteiger partial charge is 0.139 e. The summed E-state index contributed by atoms with van der Waals surface area (Å²) in [6.45, 7) is 0. The fourth-order valence-electron chi connectivity index (χ4n) is 2.79. The first-order valence-electron chi connectivity index (χ1n) is 7.82. The van der Waals surface area contributed by atoms with Crippen LogP contribution in [-0.4, -0.2) is 26.6 Å². The highest BCUT2D eigenvalue weighted by atomic mass is 32.1. The van der Waals surface area contributed by atoms with Crippen molar-refractivity contribution in [3.8, 4) is 5.75 Å². The Morgan fingerprint density at radius 3 is 2.68 bits per heavy atom. The van der Waals surface area contributed by atoms with Gasteiger partial charge in [-0.25, -0.2) is 15.0 Å². The number of hydrogen-bond donors (Lipinski definition) is 1. The SMILES string of the molecule is COc1ccc(C(Nc2ncnc3sccc23)c2nccn2C)cc1. The van der Waals surface area contributed by atoms with Gasteiger partial charge in [-0.05, 0) is 29.1 Å². The Bertz CT molecular complexity index is 992. The number of imidazole rings is 1.